The van der Waals surface area contributed by atoms with Gasteiger partial charge in [-0.05, 0) is 50.4 Å². The zero-order valence-corrected chi connectivity index (χ0v) is 12.3. The van der Waals surface area contributed by atoms with Crippen molar-refractivity contribution in [1.29, 1.82) is 0 Å². The predicted molar refractivity (Wildman–Crippen MR) is 70.1 cm³/mol. The average Bonchev–Trinajstić information content (AvgIpc) is 2.86. The van der Waals surface area contributed by atoms with Crippen molar-refractivity contribution in [2.24, 2.45) is 0 Å². The number of aromatic nitrogens is 2. The normalized spacial score (nSPS) is 10.8. The lowest BCUT2D eigenvalue weighted by molar-refractivity contribution is 0.0997. The van der Waals surface area contributed by atoms with Gasteiger partial charge in [-0.25, -0.2) is 0 Å². The second-order valence-corrected chi connectivity index (χ2v) is 5.13. The highest BCUT2D eigenvalue weighted by Crippen LogP contribution is 2.22. The molecule has 6 heteroatoms. The molecule has 0 saturated carbocycles. The van der Waals surface area contributed by atoms with Gasteiger partial charge in [0.2, 0.25) is 5.78 Å². The van der Waals surface area contributed by atoms with Crippen LogP contribution in [0.25, 0.3) is 0 Å². The van der Waals surface area contributed by atoms with Crippen molar-refractivity contribution in [2.45, 2.75) is 19.9 Å². The Labute approximate surface area is 115 Å². The fraction of sp³-hybridized carbons (Fsp3) is 0.273. The van der Waals surface area contributed by atoms with Gasteiger partial charge in [-0.15, -0.1) is 0 Å². The first kappa shape index (κ1) is 12.6. The number of hydrogen-bond donors (Lipinski definition) is 0. The van der Waals surface area contributed by atoms with Crippen molar-refractivity contribution in [3.63, 3.8) is 0 Å². The highest BCUT2D eigenvalue weighted by molar-refractivity contribution is 9.10. The predicted octanol–water partition coefficient (Wildman–Crippen LogP) is 3.64. The van der Waals surface area contributed by atoms with E-state index in [1.807, 2.05) is 6.92 Å². The summed E-state index contributed by atoms with van der Waals surface area (Å²) in [6.45, 7) is 2.74. The zero-order chi connectivity index (χ0) is 12.4. The molecular weight excluding hydrogens is 352 g/mol. The van der Waals surface area contributed by atoms with Gasteiger partial charge >= 0.3 is 0 Å². The minimum Gasteiger partial charge on any atom is -0.446 e. The van der Waals surface area contributed by atoms with Crippen molar-refractivity contribution < 1.29 is 9.21 Å². The highest BCUT2D eigenvalue weighted by Gasteiger charge is 2.21. The van der Waals surface area contributed by atoms with Crippen molar-refractivity contribution in [1.82, 2.24) is 9.78 Å². The van der Waals surface area contributed by atoms with Crippen LogP contribution in [0.3, 0.4) is 0 Å². The summed E-state index contributed by atoms with van der Waals surface area (Å²) < 4.78 is 8.17. The topological polar surface area (TPSA) is 48.0 Å². The maximum absolute atomic E-state index is 12.2. The summed E-state index contributed by atoms with van der Waals surface area (Å²) in [7, 11) is 0. The summed E-state index contributed by atoms with van der Waals surface area (Å²) in [6.07, 6.45) is 2.54. The summed E-state index contributed by atoms with van der Waals surface area (Å²) >= 11 is 6.51. The number of carbonyl (C=O) groups is 1. The number of nitrogens with zero attached hydrogens (tertiary/aromatic N) is 2. The summed E-state index contributed by atoms with van der Waals surface area (Å²) in [5, 5.41) is 4.15. The number of rotatable bonds is 4. The molecule has 4 nitrogen and oxygen atoms in total. The van der Waals surface area contributed by atoms with E-state index < -0.39 is 0 Å². The smallest absolute Gasteiger partial charge is 0.247 e. The minimum absolute atomic E-state index is 0.173. The van der Waals surface area contributed by atoms with Crippen molar-refractivity contribution in [2.75, 3.05) is 0 Å². The molecule has 17 heavy (non-hydrogen) atoms. The fourth-order valence-corrected chi connectivity index (χ4v) is 2.31. The molecule has 0 amide bonds. The van der Waals surface area contributed by atoms with Gasteiger partial charge in [-0.1, -0.05) is 6.92 Å². The molecule has 0 spiro atoms. The van der Waals surface area contributed by atoms with Gasteiger partial charge in [0.05, 0.1) is 10.7 Å². The van der Waals surface area contributed by atoms with E-state index in [-0.39, 0.29) is 5.78 Å². The maximum atomic E-state index is 12.2. The second-order valence-electron chi connectivity index (χ2n) is 3.50. The summed E-state index contributed by atoms with van der Waals surface area (Å²) in [5.74, 6) is 0.129. The Morgan fingerprint density at radius 2 is 2.24 bits per heavy atom. The third kappa shape index (κ3) is 2.52. The average molecular weight is 362 g/mol. The molecule has 0 saturated heterocycles. The first-order valence-corrected chi connectivity index (χ1v) is 6.73. The van der Waals surface area contributed by atoms with Crippen LogP contribution >= 0.6 is 31.9 Å². The molecule has 90 valence electrons. The molecule has 2 rings (SSSR count). The molecule has 0 aromatic carbocycles. The van der Waals surface area contributed by atoms with Gasteiger partial charge in [-0.2, -0.15) is 5.10 Å². The van der Waals surface area contributed by atoms with E-state index in [0.29, 0.717) is 27.1 Å². The van der Waals surface area contributed by atoms with Gasteiger partial charge in [0.15, 0.2) is 10.4 Å². The number of aryl methyl sites for hydroxylation is 1. The lowest BCUT2D eigenvalue weighted by atomic mass is 10.2. The molecule has 0 bridgehead atoms. The molecule has 0 aliphatic rings. The monoisotopic (exact) mass is 360 g/mol. The number of halogens is 2. The molecule has 0 atom stereocenters. The Hall–Kier alpha value is -0.880. The molecule has 0 N–H and O–H groups in total. The Morgan fingerprint density at radius 1 is 1.47 bits per heavy atom. The van der Waals surface area contributed by atoms with Gasteiger partial charge in [0, 0.05) is 6.54 Å². The quantitative estimate of drug-likeness (QED) is 0.781. The number of furan rings is 1. The van der Waals surface area contributed by atoms with Crippen molar-refractivity contribution in [3.8, 4) is 0 Å². The summed E-state index contributed by atoms with van der Waals surface area (Å²) in [6, 6.07) is 3.34. The van der Waals surface area contributed by atoms with E-state index in [2.05, 4.69) is 37.0 Å². The molecular formula is C11H10Br2N2O2. The molecule has 2 heterocycles. The summed E-state index contributed by atoms with van der Waals surface area (Å²) in [4.78, 5) is 12.2. The number of hydrogen-bond acceptors (Lipinski definition) is 3. The fourth-order valence-electron chi connectivity index (χ4n) is 1.52. The maximum Gasteiger partial charge on any atom is 0.247 e. The lowest BCUT2D eigenvalue weighted by Gasteiger charge is -2.04. The zero-order valence-electron chi connectivity index (χ0n) is 9.11. The second kappa shape index (κ2) is 5.18. The molecule has 2 aromatic rings. The molecule has 2 aromatic heterocycles. The molecule has 0 unspecified atom stereocenters. The first-order valence-electron chi connectivity index (χ1n) is 5.14. The van der Waals surface area contributed by atoms with E-state index in [4.69, 9.17) is 4.42 Å². The van der Waals surface area contributed by atoms with Gasteiger partial charge in [0.25, 0.3) is 0 Å². The van der Waals surface area contributed by atoms with Crippen LogP contribution in [0.15, 0.2) is 31.9 Å². The third-order valence-electron chi connectivity index (χ3n) is 2.24. The van der Waals surface area contributed by atoms with Gasteiger partial charge in [0.1, 0.15) is 5.69 Å². The van der Waals surface area contributed by atoms with Crippen LogP contribution < -0.4 is 0 Å². The Morgan fingerprint density at radius 3 is 2.82 bits per heavy atom. The van der Waals surface area contributed by atoms with E-state index >= 15 is 0 Å². The standard InChI is InChI=1S/C11H10Br2N2O2/c1-2-5-15-10(7(12)6-14-15)11(16)8-3-4-9(13)17-8/h3-4,6H,2,5H2,1H3. The largest absolute Gasteiger partial charge is 0.446 e. The van der Waals surface area contributed by atoms with E-state index in [9.17, 15) is 4.79 Å². The molecule has 0 fully saturated rings. The minimum atomic E-state index is -0.173. The Bertz CT molecular complexity index is 545. The number of carbonyl (C=O) groups excluding carboxylic acids is 1. The van der Waals surface area contributed by atoms with Crippen LogP contribution in [0.4, 0.5) is 0 Å². The molecule has 0 aliphatic carbocycles. The van der Waals surface area contributed by atoms with Crippen molar-refractivity contribution >= 4 is 37.6 Å². The first-order chi connectivity index (χ1) is 8.13. The van der Waals surface area contributed by atoms with Gasteiger partial charge in [-0.3, -0.25) is 9.48 Å². The third-order valence-corrected chi connectivity index (χ3v) is 3.25. The molecule has 0 radical (unpaired) electrons. The van der Waals surface area contributed by atoms with Gasteiger partial charge < -0.3 is 4.42 Å². The highest BCUT2D eigenvalue weighted by atomic mass is 79.9. The molecule has 0 aliphatic heterocycles. The lowest BCUT2D eigenvalue weighted by Crippen LogP contribution is -2.11. The van der Waals surface area contributed by atoms with Crippen LogP contribution in [0.5, 0.6) is 0 Å². The van der Waals surface area contributed by atoms with Crippen LogP contribution in [-0.4, -0.2) is 15.6 Å². The van der Waals surface area contributed by atoms with Crippen LogP contribution in [0.2, 0.25) is 0 Å². The van der Waals surface area contributed by atoms with E-state index in [1.165, 1.54) is 0 Å². The Balaban J connectivity index is 2.39. The van der Waals surface area contributed by atoms with Crippen molar-refractivity contribution in [3.05, 3.63) is 38.9 Å². The van der Waals surface area contributed by atoms with Crippen LogP contribution in [-0.2, 0) is 6.54 Å². The SMILES string of the molecule is CCCn1ncc(Br)c1C(=O)c1ccc(Br)o1. The van der Waals surface area contributed by atoms with Crippen LogP contribution in [0, 0.1) is 0 Å². The van der Waals surface area contributed by atoms with E-state index in [1.54, 1.807) is 23.0 Å². The van der Waals surface area contributed by atoms with Crippen LogP contribution in [0.1, 0.15) is 29.6 Å². The number of ketones is 1. The summed E-state index contributed by atoms with van der Waals surface area (Å²) in [5.41, 5.74) is 0.522. The Kier molecular flexibility index (Phi) is 3.83. The van der Waals surface area contributed by atoms with E-state index in [0.717, 1.165) is 6.42 Å².